The van der Waals surface area contributed by atoms with Crippen LogP contribution in [0, 0.1) is 0 Å². The largest absolute Gasteiger partial charge is 0.478 e. The van der Waals surface area contributed by atoms with E-state index in [1.165, 1.54) is 18.0 Å². The van der Waals surface area contributed by atoms with Crippen LogP contribution in [0.1, 0.15) is 16.7 Å². The molecule has 5 nitrogen and oxygen atoms in total. The Hall–Kier alpha value is -3.35. The number of hydrogen-bond donors (Lipinski definition) is 2. The zero-order valence-electron chi connectivity index (χ0n) is 17.2. The van der Waals surface area contributed by atoms with Crippen molar-refractivity contribution in [2.45, 2.75) is 17.0 Å². The van der Waals surface area contributed by atoms with Crippen molar-refractivity contribution in [1.82, 2.24) is 10.2 Å². The van der Waals surface area contributed by atoms with E-state index in [-0.39, 0.29) is 16.9 Å². The molecule has 0 saturated carbocycles. The fraction of sp³-hybridized carbons (Fsp3) is 0.154. The summed E-state index contributed by atoms with van der Waals surface area (Å²) in [6.45, 7) is 0. The molecule has 2 N–H and O–H groups in total. The molecule has 3 aromatic rings. The fourth-order valence-electron chi connectivity index (χ4n) is 4.48. The molecule has 2 aliphatic heterocycles. The van der Waals surface area contributed by atoms with Gasteiger partial charge in [0.05, 0.1) is 11.1 Å². The lowest BCUT2D eigenvalue weighted by molar-refractivity contribution is -0.142. The molecular weight excluding hydrogens is 420 g/mol. The average molecular weight is 443 g/mol. The predicted molar refractivity (Wildman–Crippen MR) is 125 cm³/mol. The zero-order chi connectivity index (χ0) is 22.1. The number of benzene rings is 3. The van der Waals surface area contributed by atoms with Gasteiger partial charge in [-0.05, 0) is 16.7 Å². The van der Waals surface area contributed by atoms with Crippen LogP contribution in [-0.4, -0.2) is 39.1 Å². The molecule has 2 heterocycles. The lowest BCUT2D eigenvalue weighted by Crippen LogP contribution is -2.71. The highest BCUT2D eigenvalue weighted by Crippen LogP contribution is 2.42. The number of amides is 1. The van der Waals surface area contributed by atoms with E-state index in [4.69, 9.17) is 0 Å². The Labute approximate surface area is 190 Å². The first kappa shape index (κ1) is 20.5. The third kappa shape index (κ3) is 3.32. The highest BCUT2D eigenvalue weighted by Gasteiger charge is 2.53. The van der Waals surface area contributed by atoms with Crippen LogP contribution in [-0.2, 0) is 15.1 Å². The smallest absolute Gasteiger partial charge is 0.333 e. The second-order valence-corrected chi connectivity index (χ2v) is 8.98. The molecule has 0 bridgehead atoms. The Morgan fingerprint density at radius 2 is 1.34 bits per heavy atom. The summed E-state index contributed by atoms with van der Waals surface area (Å²) >= 11 is 1.48. The van der Waals surface area contributed by atoms with Crippen molar-refractivity contribution in [1.29, 1.82) is 0 Å². The molecule has 1 amide bonds. The molecule has 1 saturated heterocycles. The van der Waals surface area contributed by atoms with Gasteiger partial charge in [0, 0.05) is 12.0 Å². The number of rotatable bonds is 6. The van der Waals surface area contributed by atoms with Crippen molar-refractivity contribution in [3.8, 4) is 0 Å². The highest BCUT2D eigenvalue weighted by atomic mass is 32.2. The van der Waals surface area contributed by atoms with Gasteiger partial charge in [-0.1, -0.05) is 91.0 Å². The molecule has 160 valence electrons. The lowest BCUT2D eigenvalue weighted by atomic mass is 9.76. The number of carbonyl (C=O) groups excluding carboxylic acids is 1. The summed E-state index contributed by atoms with van der Waals surface area (Å²) in [4.78, 5) is 26.1. The van der Waals surface area contributed by atoms with Crippen LogP contribution in [0.4, 0.5) is 0 Å². The SMILES string of the molecule is O=C(O)C1=CN2C(=O)C(NC(c3ccccc3)(c3ccccc3)c3ccccc3)[C@H]2SC1. The first-order valence-electron chi connectivity index (χ1n) is 10.4. The number of nitrogens with one attached hydrogen (secondary N) is 1. The maximum Gasteiger partial charge on any atom is 0.333 e. The van der Waals surface area contributed by atoms with E-state index < -0.39 is 17.6 Å². The first-order chi connectivity index (χ1) is 15.6. The summed E-state index contributed by atoms with van der Waals surface area (Å²) in [5.74, 6) is -0.725. The van der Waals surface area contributed by atoms with Gasteiger partial charge in [-0.25, -0.2) is 4.79 Å². The number of fused-ring (bicyclic) bond motifs is 1. The summed E-state index contributed by atoms with van der Waals surface area (Å²) in [5.41, 5.74) is 2.61. The minimum Gasteiger partial charge on any atom is -0.478 e. The number of aliphatic carboxylic acids is 1. The van der Waals surface area contributed by atoms with Crippen molar-refractivity contribution >= 4 is 23.6 Å². The van der Waals surface area contributed by atoms with Gasteiger partial charge in [-0.3, -0.25) is 10.1 Å². The molecule has 0 spiro atoms. The van der Waals surface area contributed by atoms with Gasteiger partial charge in [0.15, 0.2) is 0 Å². The standard InChI is InChI=1S/C26H22N2O3S/c29-23-22(24-28(23)16-18(17-32-24)25(30)31)27-26(19-10-4-1-5-11-19,20-12-6-2-7-13-20)21-14-8-3-9-15-21/h1-16,22,24,27H,17H2,(H,30,31)/t22?,24-/m1/s1. The topological polar surface area (TPSA) is 69.6 Å². The average Bonchev–Trinajstić information content (AvgIpc) is 2.86. The maximum absolute atomic E-state index is 13.1. The minimum atomic E-state index is -0.979. The number of carboxylic acid groups (broad SMARTS) is 1. The molecule has 0 aromatic heterocycles. The van der Waals surface area contributed by atoms with Gasteiger partial charge < -0.3 is 10.0 Å². The molecule has 3 aromatic carbocycles. The van der Waals surface area contributed by atoms with E-state index >= 15 is 0 Å². The first-order valence-corrected chi connectivity index (χ1v) is 11.5. The van der Waals surface area contributed by atoms with E-state index in [1.54, 1.807) is 4.90 Å². The third-order valence-electron chi connectivity index (χ3n) is 6.05. The Morgan fingerprint density at radius 1 is 0.875 bits per heavy atom. The van der Waals surface area contributed by atoms with Crippen LogP contribution in [0.25, 0.3) is 0 Å². The van der Waals surface area contributed by atoms with Crippen LogP contribution in [0.5, 0.6) is 0 Å². The van der Waals surface area contributed by atoms with Crippen molar-refractivity contribution < 1.29 is 14.7 Å². The van der Waals surface area contributed by atoms with Gasteiger partial charge in [-0.15, -0.1) is 11.8 Å². The van der Waals surface area contributed by atoms with E-state index in [0.717, 1.165) is 16.7 Å². The fourth-order valence-corrected chi connectivity index (χ4v) is 5.73. The number of thioether (sulfide) groups is 1. The molecule has 5 rings (SSSR count). The summed E-state index contributed by atoms with van der Waals surface area (Å²) in [6.07, 6.45) is 1.49. The summed E-state index contributed by atoms with van der Waals surface area (Å²) in [5, 5.41) is 12.9. The molecule has 32 heavy (non-hydrogen) atoms. The Kier molecular flexibility index (Phi) is 5.33. The van der Waals surface area contributed by atoms with Crippen LogP contribution in [0.15, 0.2) is 103 Å². The zero-order valence-corrected chi connectivity index (χ0v) is 18.0. The van der Waals surface area contributed by atoms with Crippen molar-refractivity contribution in [2.75, 3.05) is 5.75 Å². The summed E-state index contributed by atoms with van der Waals surface area (Å²) in [7, 11) is 0. The maximum atomic E-state index is 13.1. The number of hydrogen-bond acceptors (Lipinski definition) is 4. The van der Waals surface area contributed by atoms with E-state index in [1.807, 2.05) is 54.6 Å². The van der Waals surface area contributed by atoms with Gasteiger partial charge in [0.2, 0.25) is 5.91 Å². The Balaban J connectivity index is 1.62. The van der Waals surface area contributed by atoms with Crippen LogP contribution >= 0.6 is 11.8 Å². The van der Waals surface area contributed by atoms with Gasteiger partial charge in [0.1, 0.15) is 11.4 Å². The van der Waals surface area contributed by atoms with Crippen LogP contribution in [0.3, 0.4) is 0 Å². The van der Waals surface area contributed by atoms with Crippen molar-refractivity contribution in [3.63, 3.8) is 0 Å². The monoisotopic (exact) mass is 442 g/mol. The lowest BCUT2D eigenvalue weighted by Gasteiger charge is -2.51. The van der Waals surface area contributed by atoms with Gasteiger partial charge in [-0.2, -0.15) is 0 Å². The van der Waals surface area contributed by atoms with Gasteiger partial charge >= 0.3 is 5.97 Å². The second kappa shape index (κ2) is 8.30. The van der Waals surface area contributed by atoms with Crippen molar-refractivity contribution in [2.24, 2.45) is 0 Å². The third-order valence-corrected chi connectivity index (χ3v) is 7.37. The van der Waals surface area contributed by atoms with E-state index in [9.17, 15) is 14.7 Å². The molecule has 2 aliphatic rings. The Bertz CT molecular complexity index is 1070. The normalized spacial score (nSPS) is 20.2. The number of nitrogens with zero attached hydrogens (tertiary/aromatic N) is 1. The number of carbonyl (C=O) groups is 2. The molecule has 0 radical (unpaired) electrons. The van der Waals surface area contributed by atoms with Gasteiger partial charge in [0.25, 0.3) is 0 Å². The van der Waals surface area contributed by atoms with Crippen LogP contribution in [0.2, 0.25) is 0 Å². The molecular formula is C26H22N2O3S. The summed E-state index contributed by atoms with van der Waals surface area (Å²) in [6, 6.07) is 30.0. The molecule has 6 heteroatoms. The quantitative estimate of drug-likeness (QED) is 0.449. The van der Waals surface area contributed by atoms with E-state index in [0.29, 0.717) is 5.75 Å². The van der Waals surface area contributed by atoms with E-state index in [2.05, 4.69) is 41.7 Å². The van der Waals surface area contributed by atoms with Crippen molar-refractivity contribution in [3.05, 3.63) is 119 Å². The molecule has 2 atom stereocenters. The minimum absolute atomic E-state index is 0.117. The number of carboxylic acids is 1. The second-order valence-electron chi connectivity index (χ2n) is 7.88. The highest BCUT2D eigenvalue weighted by molar-refractivity contribution is 8.00. The molecule has 0 aliphatic carbocycles. The number of β-lactam (4-membered cyclic amide) rings is 1. The summed E-state index contributed by atoms with van der Waals surface area (Å²) < 4.78 is 0. The molecule has 1 unspecified atom stereocenters. The molecule has 1 fully saturated rings. The Morgan fingerprint density at radius 3 is 1.78 bits per heavy atom. The van der Waals surface area contributed by atoms with Crippen LogP contribution < -0.4 is 5.32 Å². The predicted octanol–water partition coefficient (Wildman–Crippen LogP) is 3.82.